The van der Waals surface area contributed by atoms with E-state index in [2.05, 4.69) is 45.9 Å². The average molecular weight is 385 g/mol. The fourth-order valence-electron chi connectivity index (χ4n) is 3.48. The molecule has 0 radical (unpaired) electrons. The van der Waals surface area contributed by atoms with Crippen molar-refractivity contribution in [2.75, 3.05) is 44.4 Å². The number of anilines is 2. The lowest BCUT2D eigenvalue weighted by Crippen LogP contribution is -2.40. The fourth-order valence-corrected chi connectivity index (χ4v) is 3.48. The van der Waals surface area contributed by atoms with Gasteiger partial charge in [-0.15, -0.1) is 0 Å². The van der Waals surface area contributed by atoms with Crippen LogP contribution in [0.5, 0.6) is 0 Å². The molecule has 2 aromatic rings. The van der Waals surface area contributed by atoms with Crippen LogP contribution in [0, 0.1) is 6.92 Å². The van der Waals surface area contributed by atoms with Gasteiger partial charge >= 0.3 is 11.8 Å². The molecule has 0 spiro atoms. The van der Waals surface area contributed by atoms with E-state index in [0.717, 1.165) is 24.9 Å². The van der Waals surface area contributed by atoms with Crippen molar-refractivity contribution in [1.82, 2.24) is 15.4 Å². The van der Waals surface area contributed by atoms with Crippen LogP contribution >= 0.6 is 0 Å². The van der Waals surface area contributed by atoms with Crippen molar-refractivity contribution in [3.63, 3.8) is 0 Å². The molecule has 1 unspecified atom stereocenters. The van der Waals surface area contributed by atoms with Gasteiger partial charge in [-0.05, 0) is 51.1 Å². The molecule has 1 aliphatic rings. The largest absolute Gasteiger partial charge is 0.374 e. The second kappa shape index (κ2) is 8.43. The number of fused-ring (bicyclic) bond motifs is 1. The quantitative estimate of drug-likeness (QED) is 0.762. The molecule has 3 rings (SSSR count). The van der Waals surface area contributed by atoms with Crippen molar-refractivity contribution < 1.29 is 14.1 Å². The van der Waals surface area contributed by atoms with E-state index in [1.807, 2.05) is 19.0 Å². The fraction of sp³-hybridized carbons (Fsp3) is 0.450. The highest BCUT2D eigenvalue weighted by Gasteiger charge is 2.22. The van der Waals surface area contributed by atoms with Gasteiger partial charge in [-0.1, -0.05) is 17.3 Å². The maximum Gasteiger partial charge on any atom is 0.314 e. The van der Waals surface area contributed by atoms with Gasteiger partial charge in [0.05, 0.1) is 6.04 Å². The number of nitrogens with zero attached hydrogens (tertiary/aromatic N) is 3. The Labute approximate surface area is 164 Å². The molecule has 28 heavy (non-hydrogen) atoms. The van der Waals surface area contributed by atoms with Crippen LogP contribution in [0.1, 0.15) is 29.3 Å². The lowest BCUT2D eigenvalue weighted by Gasteiger charge is -2.30. The third kappa shape index (κ3) is 4.51. The molecule has 1 aliphatic heterocycles. The number of likely N-dealkylation sites (N-methyl/N-ethyl adjacent to an activating group) is 1. The van der Waals surface area contributed by atoms with Crippen molar-refractivity contribution in [2.24, 2.45) is 0 Å². The Hall–Kier alpha value is -2.87. The van der Waals surface area contributed by atoms with Crippen LogP contribution in [-0.4, -0.2) is 56.1 Å². The van der Waals surface area contributed by atoms with Gasteiger partial charge in [0.2, 0.25) is 0 Å². The molecule has 0 fully saturated rings. The molecule has 0 aliphatic carbocycles. The van der Waals surface area contributed by atoms with E-state index in [4.69, 9.17) is 4.52 Å². The van der Waals surface area contributed by atoms with E-state index in [1.165, 1.54) is 11.3 Å². The van der Waals surface area contributed by atoms with E-state index >= 15 is 0 Å². The van der Waals surface area contributed by atoms with Gasteiger partial charge in [-0.3, -0.25) is 14.9 Å². The van der Waals surface area contributed by atoms with Crippen LogP contribution in [0.15, 0.2) is 28.8 Å². The lowest BCUT2D eigenvalue weighted by atomic mass is 9.96. The summed E-state index contributed by atoms with van der Waals surface area (Å²) in [6.45, 7) is 3.10. The molecule has 0 saturated carbocycles. The van der Waals surface area contributed by atoms with Crippen LogP contribution in [-0.2, 0) is 16.0 Å². The summed E-state index contributed by atoms with van der Waals surface area (Å²) in [5.74, 6) is -0.690. The van der Waals surface area contributed by atoms with E-state index in [9.17, 15) is 9.59 Å². The molecule has 0 saturated heterocycles. The monoisotopic (exact) mass is 385 g/mol. The number of nitrogens with one attached hydrogen (secondary N) is 2. The van der Waals surface area contributed by atoms with Gasteiger partial charge in [-0.25, -0.2) is 0 Å². The first-order chi connectivity index (χ1) is 13.3. The van der Waals surface area contributed by atoms with Crippen LogP contribution in [0.4, 0.5) is 11.5 Å². The number of hydrogen-bond donors (Lipinski definition) is 2. The Bertz CT molecular complexity index is 861. The molecule has 2 N–H and O–H groups in total. The highest BCUT2D eigenvalue weighted by Crippen LogP contribution is 2.29. The molecular weight excluding hydrogens is 358 g/mol. The molecule has 1 aromatic carbocycles. The molecule has 1 aromatic heterocycles. The predicted molar refractivity (Wildman–Crippen MR) is 107 cm³/mol. The number of carbonyl (C=O) groups excluding carboxylic acids is 2. The van der Waals surface area contributed by atoms with E-state index in [1.54, 1.807) is 13.0 Å². The summed E-state index contributed by atoms with van der Waals surface area (Å²) in [7, 11) is 6.03. The minimum absolute atomic E-state index is 0.0384. The first kappa shape index (κ1) is 19.9. The second-order valence-electron chi connectivity index (χ2n) is 7.38. The molecule has 2 amide bonds. The molecule has 2 heterocycles. The number of hydrogen-bond acceptors (Lipinski definition) is 6. The average Bonchev–Trinajstić information content (AvgIpc) is 3.06. The highest BCUT2D eigenvalue weighted by molar-refractivity contribution is 6.39. The van der Waals surface area contributed by atoms with Crippen molar-refractivity contribution >= 4 is 23.3 Å². The zero-order valence-electron chi connectivity index (χ0n) is 16.8. The normalized spacial score (nSPS) is 14.5. The number of amides is 2. The summed E-state index contributed by atoms with van der Waals surface area (Å²) in [6.07, 6.45) is 2.19. The van der Waals surface area contributed by atoms with E-state index in [0.29, 0.717) is 12.3 Å². The highest BCUT2D eigenvalue weighted by atomic mass is 16.5. The topological polar surface area (TPSA) is 90.7 Å². The van der Waals surface area contributed by atoms with Crippen LogP contribution in [0.2, 0.25) is 0 Å². The maximum atomic E-state index is 12.2. The number of benzene rings is 1. The smallest absolute Gasteiger partial charge is 0.314 e. The SMILES string of the molecule is Cc1cc(NC(=O)C(=O)NCC(c2ccc3c(c2)CCCN3C)N(C)C)no1. The van der Waals surface area contributed by atoms with Crippen LogP contribution in [0.3, 0.4) is 0 Å². The summed E-state index contributed by atoms with van der Waals surface area (Å²) in [5.41, 5.74) is 3.70. The van der Waals surface area contributed by atoms with Crippen LogP contribution < -0.4 is 15.5 Å². The van der Waals surface area contributed by atoms with Crippen molar-refractivity contribution in [2.45, 2.75) is 25.8 Å². The number of rotatable bonds is 5. The molecule has 0 bridgehead atoms. The van der Waals surface area contributed by atoms with Gasteiger partial charge in [0.15, 0.2) is 5.82 Å². The molecule has 1 atom stereocenters. The molecule has 8 nitrogen and oxygen atoms in total. The number of carbonyl (C=O) groups is 2. The number of aromatic nitrogens is 1. The Balaban J connectivity index is 1.65. The Morgan fingerprint density at radius 3 is 2.75 bits per heavy atom. The van der Waals surface area contributed by atoms with Crippen molar-refractivity contribution in [3.8, 4) is 0 Å². The lowest BCUT2D eigenvalue weighted by molar-refractivity contribution is -0.136. The summed E-state index contributed by atoms with van der Waals surface area (Å²) >= 11 is 0. The van der Waals surface area contributed by atoms with E-state index < -0.39 is 11.8 Å². The Morgan fingerprint density at radius 2 is 2.07 bits per heavy atom. The molecular formula is C20H27N5O3. The van der Waals surface area contributed by atoms with Gasteiger partial charge in [-0.2, -0.15) is 0 Å². The summed E-state index contributed by atoms with van der Waals surface area (Å²) in [4.78, 5) is 28.5. The Kier molecular flexibility index (Phi) is 5.99. The van der Waals surface area contributed by atoms with Crippen molar-refractivity contribution in [1.29, 1.82) is 0 Å². The summed E-state index contributed by atoms with van der Waals surface area (Å²) in [6, 6.07) is 7.96. The first-order valence-corrected chi connectivity index (χ1v) is 9.38. The zero-order valence-corrected chi connectivity index (χ0v) is 16.8. The zero-order chi connectivity index (χ0) is 20.3. The maximum absolute atomic E-state index is 12.2. The minimum atomic E-state index is -0.766. The molecule has 150 valence electrons. The Morgan fingerprint density at radius 1 is 1.29 bits per heavy atom. The van der Waals surface area contributed by atoms with Crippen LogP contribution in [0.25, 0.3) is 0 Å². The van der Waals surface area contributed by atoms with Gasteiger partial charge in [0.25, 0.3) is 0 Å². The number of aryl methyl sites for hydroxylation is 2. The summed E-state index contributed by atoms with van der Waals surface area (Å²) < 4.78 is 4.88. The summed E-state index contributed by atoms with van der Waals surface area (Å²) in [5, 5.41) is 8.80. The van der Waals surface area contributed by atoms with Gasteiger partial charge < -0.3 is 19.6 Å². The van der Waals surface area contributed by atoms with Gasteiger partial charge in [0, 0.05) is 31.9 Å². The second-order valence-corrected chi connectivity index (χ2v) is 7.38. The minimum Gasteiger partial charge on any atom is -0.374 e. The third-order valence-electron chi connectivity index (χ3n) is 4.99. The van der Waals surface area contributed by atoms with Gasteiger partial charge in [0.1, 0.15) is 5.76 Å². The van der Waals surface area contributed by atoms with E-state index in [-0.39, 0.29) is 11.9 Å². The molecule has 8 heteroatoms. The third-order valence-corrected chi connectivity index (χ3v) is 4.99. The standard InChI is InChI=1S/C20H27N5O3/c1-13-10-18(23-28-13)22-20(27)19(26)21-12-17(24(2)3)15-7-8-16-14(11-15)6-5-9-25(16)4/h7-8,10-11,17H,5-6,9,12H2,1-4H3,(H,21,26)(H,22,23,27). The van der Waals surface area contributed by atoms with Crippen molar-refractivity contribution in [3.05, 3.63) is 41.2 Å². The predicted octanol–water partition coefficient (Wildman–Crippen LogP) is 1.72. The first-order valence-electron chi connectivity index (χ1n) is 9.38.